The van der Waals surface area contributed by atoms with Crippen LogP contribution in [0.4, 0.5) is 0 Å². The van der Waals surface area contributed by atoms with Gasteiger partial charge in [0.15, 0.2) is 0 Å². The van der Waals surface area contributed by atoms with Crippen LogP contribution in [0.15, 0.2) is 41.3 Å². The van der Waals surface area contributed by atoms with E-state index < -0.39 is 10.0 Å². The number of rotatable bonds is 5. The summed E-state index contributed by atoms with van der Waals surface area (Å²) in [6.45, 7) is 7.19. The number of morpholine rings is 1. The first-order chi connectivity index (χ1) is 11.9. The van der Waals surface area contributed by atoms with E-state index in [4.69, 9.17) is 9.47 Å². The molecule has 2 aromatic carbocycles. The van der Waals surface area contributed by atoms with Crippen LogP contribution in [0.1, 0.15) is 27.2 Å². The van der Waals surface area contributed by atoms with Gasteiger partial charge in [0, 0.05) is 23.9 Å². The van der Waals surface area contributed by atoms with E-state index in [9.17, 15) is 8.42 Å². The summed E-state index contributed by atoms with van der Waals surface area (Å²) in [4.78, 5) is 0.327. The van der Waals surface area contributed by atoms with Crippen molar-refractivity contribution in [3.8, 4) is 5.75 Å². The van der Waals surface area contributed by atoms with Crippen molar-refractivity contribution in [2.24, 2.45) is 0 Å². The number of fused-ring (bicyclic) bond motifs is 1. The summed E-state index contributed by atoms with van der Waals surface area (Å²) in [5.41, 5.74) is 0. The van der Waals surface area contributed by atoms with Crippen molar-refractivity contribution >= 4 is 20.8 Å². The molecule has 1 saturated heterocycles. The van der Waals surface area contributed by atoms with Crippen molar-refractivity contribution in [2.45, 2.75) is 44.3 Å². The van der Waals surface area contributed by atoms with Gasteiger partial charge >= 0.3 is 0 Å². The van der Waals surface area contributed by atoms with Crippen molar-refractivity contribution in [2.75, 3.05) is 19.7 Å². The SMILES string of the molecule is CCCOc1ccc(S(=O)(=O)N2C[C@@H](C)O[C@@H](C)C2)c2ccccc12. The van der Waals surface area contributed by atoms with Crippen LogP contribution in [-0.4, -0.2) is 44.6 Å². The third-order valence-corrected chi connectivity index (χ3v) is 6.20. The minimum absolute atomic E-state index is 0.114. The van der Waals surface area contributed by atoms with Crippen LogP contribution in [-0.2, 0) is 14.8 Å². The minimum Gasteiger partial charge on any atom is -0.493 e. The van der Waals surface area contributed by atoms with E-state index in [-0.39, 0.29) is 12.2 Å². The Bertz CT molecular complexity index is 840. The van der Waals surface area contributed by atoms with Crippen LogP contribution < -0.4 is 4.74 Å². The Kier molecular flexibility index (Phi) is 5.32. The van der Waals surface area contributed by atoms with Crippen LogP contribution in [0.3, 0.4) is 0 Å². The summed E-state index contributed by atoms with van der Waals surface area (Å²) in [5, 5.41) is 1.52. The normalized spacial score (nSPS) is 22.2. The predicted molar refractivity (Wildman–Crippen MR) is 98.5 cm³/mol. The molecule has 1 heterocycles. The molecule has 1 aliphatic rings. The van der Waals surface area contributed by atoms with Crippen LogP contribution in [0.2, 0.25) is 0 Å². The van der Waals surface area contributed by atoms with Crippen molar-refractivity contribution in [3.63, 3.8) is 0 Å². The molecule has 25 heavy (non-hydrogen) atoms. The molecule has 0 bridgehead atoms. The molecule has 3 rings (SSSR count). The van der Waals surface area contributed by atoms with E-state index in [0.29, 0.717) is 30.0 Å². The lowest BCUT2D eigenvalue weighted by atomic mass is 10.1. The molecule has 0 saturated carbocycles. The maximum atomic E-state index is 13.2. The van der Waals surface area contributed by atoms with Crippen molar-refractivity contribution < 1.29 is 17.9 Å². The first-order valence-corrected chi connectivity index (χ1v) is 10.2. The highest BCUT2D eigenvalue weighted by Crippen LogP contribution is 2.33. The molecular weight excluding hydrogens is 338 g/mol. The van der Waals surface area contributed by atoms with Gasteiger partial charge in [-0.15, -0.1) is 0 Å². The van der Waals surface area contributed by atoms with Gasteiger partial charge in [0.1, 0.15) is 5.75 Å². The van der Waals surface area contributed by atoms with Gasteiger partial charge in [-0.3, -0.25) is 0 Å². The zero-order valence-electron chi connectivity index (χ0n) is 14.9. The fourth-order valence-corrected chi connectivity index (χ4v) is 5.06. The third-order valence-electron chi connectivity index (χ3n) is 4.31. The molecule has 0 aromatic heterocycles. The predicted octanol–water partition coefficient (Wildman–Crippen LogP) is 3.43. The highest BCUT2D eigenvalue weighted by atomic mass is 32.2. The molecule has 2 atom stereocenters. The Morgan fingerprint density at radius 1 is 1.08 bits per heavy atom. The second-order valence-electron chi connectivity index (χ2n) is 6.54. The van der Waals surface area contributed by atoms with Crippen molar-refractivity contribution in [3.05, 3.63) is 36.4 Å². The lowest BCUT2D eigenvalue weighted by Gasteiger charge is -2.34. The van der Waals surface area contributed by atoms with Gasteiger partial charge in [-0.25, -0.2) is 8.42 Å². The van der Waals surface area contributed by atoms with E-state index in [0.717, 1.165) is 17.6 Å². The van der Waals surface area contributed by atoms with Crippen molar-refractivity contribution in [1.29, 1.82) is 0 Å². The number of nitrogens with zero attached hydrogens (tertiary/aromatic N) is 1. The molecule has 0 unspecified atom stereocenters. The average Bonchev–Trinajstić information content (AvgIpc) is 2.58. The zero-order valence-corrected chi connectivity index (χ0v) is 15.8. The standard InChI is InChI=1S/C19H25NO4S/c1-4-11-23-18-9-10-19(17-8-6-5-7-16(17)18)25(21,22)20-12-14(2)24-15(3)13-20/h5-10,14-15H,4,11-13H2,1-3H3/t14-,15+. The fourth-order valence-electron chi connectivity index (χ4n) is 3.27. The Labute approximate surface area is 149 Å². The van der Waals surface area contributed by atoms with Gasteiger partial charge in [-0.05, 0) is 32.4 Å². The maximum absolute atomic E-state index is 13.2. The average molecular weight is 363 g/mol. The van der Waals surface area contributed by atoms with Gasteiger partial charge in [0.05, 0.1) is 23.7 Å². The van der Waals surface area contributed by atoms with E-state index >= 15 is 0 Å². The monoisotopic (exact) mass is 363 g/mol. The molecule has 1 aliphatic heterocycles. The van der Waals surface area contributed by atoms with Crippen LogP contribution in [0.25, 0.3) is 10.8 Å². The molecule has 0 radical (unpaired) electrons. The van der Waals surface area contributed by atoms with Gasteiger partial charge in [-0.2, -0.15) is 4.31 Å². The molecule has 0 aliphatic carbocycles. The van der Waals surface area contributed by atoms with E-state index in [2.05, 4.69) is 0 Å². The largest absolute Gasteiger partial charge is 0.493 e. The Morgan fingerprint density at radius 2 is 1.72 bits per heavy atom. The maximum Gasteiger partial charge on any atom is 0.243 e. The molecule has 1 fully saturated rings. The minimum atomic E-state index is -3.59. The van der Waals surface area contributed by atoms with E-state index in [1.54, 1.807) is 12.1 Å². The van der Waals surface area contributed by atoms with Gasteiger partial charge < -0.3 is 9.47 Å². The van der Waals surface area contributed by atoms with Crippen molar-refractivity contribution in [1.82, 2.24) is 4.31 Å². The van der Waals surface area contributed by atoms with Crippen LogP contribution in [0.5, 0.6) is 5.75 Å². The number of ether oxygens (including phenoxy) is 2. The van der Waals surface area contributed by atoms with Gasteiger partial charge in [0.25, 0.3) is 0 Å². The lowest BCUT2D eigenvalue weighted by Crippen LogP contribution is -2.48. The Hall–Kier alpha value is -1.63. The highest BCUT2D eigenvalue weighted by molar-refractivity contribution is 7.89. The quantitative estimate of drug-likeness (QED) is 0.817. The molecule has 2 aromatic rings. The third kappa shape index (κ3) is 3.66. The molecule has 5 nitrogen and oxygen atoms in total. The molecule has 0 amide bonds. The Morgan fingerprint density at radius 3 is 2.36 bits per heavy atom. The smallest absolute Gasteiger partial charge is 0.243 e. The molecule has 0 spiro atoms. The molecule has 6 heteroatoms. The summed E-state index contributed by atoms with van der Waals surface area (Å²) < 4.78 is 39.5. The van der Waals surface area contributed by atoms with Gasteiger partial charge in [0.2, 0.25) is 10.0 Å². The Balaban J connectivity index is 2.06. The topological polar surface area (TPSA) is 55.8 Å². The van der Waals surface area contributed by atoms with Crippen LogP contribution >= 0.6 is 0 Å². The molecular formula is C19H25NO4S. The number of sulfonamides is 1. The second-order valence-corrected chi connectivity index (χ2v) is 8.44. The summed E-state index contributed by atoms with van der Waals surface area (Å²) in [6, 6.07) is 10.9. The molecule has 136 valence electrons. The zero-order chi connectivity index (χ0) is 18.0. The molecule has 0 N–H and O–H groups in total. The summed E-state index contributed by atoms with van der Waals surface area (Å²) in [5.74, 6) is 0.722. The fraction of sp³-hybridized carbons (Fsp3) is 0.474. The first kappa shape index (κ1) is 18.2. The van der Waals surface area contributed by atoms with E-state index in [1.807, 2.05) is 45.0 Å². The summed E-state index contributed by atoms with van der Waals surface area (Å²) in [7, 11) is -3.59. The summed E-state index contributed by atoms with van der Waals surface area (Å²) >= 11 is 0. The van der Waals surface area contributed by atoms with Crippen LogP contribution in [0, 0.1) is 0 Å². The second kappa shape index (κ2) is 7.32. The number of hydrogen-bond donors (Lipinski definition) is 0. The highest BCUT2D eigenvalue weighted by Gasteiger charge is 2.33. The lowest BCUT2D eigenvalue weighted by molar-refractivity contribution is -0.0440. The van der Waals surface area contributed by atoms with Gasteiger partial charge in [-0.1, -0.05) is 31.2 Å². The number of benzene rings is 2. The van der Waals surface area contributed by atoms with E-state index in [1.165, 1.54) is 4.31 Å². The number of hydrogen-bond acceptors (Lipinski definition) is 4. The first-order valence-electron chi connectivity index (χ1n) is 8.73. The summed E-state index contributed by atoms with van der Waals surface area (Å²) in [6.07, 6.45) is 0.673.